The standard InChI is InChI=1S/6I3.6HI2.6HI.9V/c6*1-3-2;6*1-2;;;;;;;;;;;;;;;/h;;;;;;6*1H;6*1H;;;;;;;;;/q12*+1;;;;;;;;;;;;;3*+2/p-6. The van der Waals surface area contributed by atoms with Crippen molar-refractivity contribution in [2.24, 2.45) is 0 Å². The zero-order chi connectivity index (χ0) is 36.4. The summed E-state index contributed by atoms with van der Waals surface area (Å²) in [5.74, 6) is 0. The van der Waals surface area contributed by atoms with Crippen LogP contribution < -0.4 is 191 Å². The SMILES string of the molecule is I[I+]I.I[I+]I.I[I+]I.I[I+]I.I[I+]I.I[I+]I.I[IH+].I[IH+].I[IH+].I[IH+].I[IH+].I[IH+].[I][V][I].[I][V][I].[I][V][I].[V].[V].[V].[V].[V].[V]. The van der Waals surface area contributed by atoms with E-state index in [-0.39, 0.29) is 111 Å². The zero-order valence-corrected chi connectivity index (χ0v) is 109. The van der Waals surface area contributed by atoms with E-state index in [9.17, 15) is 0 Å². The molecule has 45 heteroatoms. The summed E-state index contributed by atoms with van der Waals surface area (Å²) in [5.41, 5.74) is 0. The predicted molar refractivity (Wildman–Crippen MR) is 345 cm³/mol. The molecule has 0 rings (SSSR count). The van der Waals surface area contributed by atoms with Crippen LogP contribution >= 0.6 is 455 Å². The van der Waals surface area contributed by atoms with E-state index in [4.69, 9.17) is 0 Å². The van der Waals surface area contributed by atoms with Gasteiger partial charge in [0, 0.05) is 111 Å². The van der Waals surface area contributed by atoms with Crippen molar-refractivity contribution in [2.45, 2.75) is 0 Å². The average molecular weight is 5030 g/mol. The Hall–Kier alpha value is 31.5. The van der Waals surface area contributed by atoms with E-state index >= 15 is 0 Å². The molecule has 0 spiro atoms. The van der Waals surface area contributed by atoms with Gasteiger partial charge in [-0.25, -0.2) is 0 Å². The van der Waals surface area contributed by atoms with Crippen LogP contribution in [-0.4, -0.2) is 0 Å². The Morgan fingerprint density at radius 3 is 0.222 bits per heavy atom. The first kappa shape index (κ1) is 142. The predicted octanol–water partition coefficient (Wildman–Crippen LogP) is -16.3. The Labute approximate surface area is 752 Å². The van der Waals surface area contributed by atoms with E-state index in [0.29, 0.717) is 108 Å². The monoisotopic (exact) mass is 5030 g/mol. The third kappa shape index (κ3) is 411. The second kappa shape index (κ2) is 255. The van der Waals surface area contributed by atoms with E-state index in [0.717, 1.165) is 0 Å². The van der Waals surface area contributed by atoms with Gasteiger partial charge < -0.3 is 0 Å². The molecule has 0 atom stereocenters. The molecule has 0 unspecified atom stereocenters. The van der Waals surface area contributed by atoms with Crippen LogP contribution in [-0.2, 0) is 140 Å². The number of halogens is 36. The molecule has 0 saturated heterocycles. The second-order valence-corrected chi connectivity index (χ2v) is 133. The maximum atomic E-state index is 2.39. The minimum atomic E-state index is 0. The summed E-state index contributed by atoms with van der Waals surface area (Å²) in [6.07, 6.45) is 0. The van der Waals surface area contributed by atoms with Crippen molar-refractivity contribution in [2.75, 3.05) is 0 Å². The van der Waals surface area contributed by atoms with E-state index in [1.807, 2.05) is 112 Å². The smallest absolute Gasteiger partial charge is 0 e. The van der Waals surface area contributed by atoms with E-state index in [2.05, 4.69) is 455 Å². The molecule has 6 radical (unpaired) electrons. The van der Waals surface area contributed by atoms with Crippen molar-refractivity contribution >= 4 is 455 Å². The molecule has 0 bridgehead atoms. The molecular formula is H6I36V9+12. The fraction of sp³-hybridized carbons (Fsp3) is 0. The maximum absolute atomic E-state index is 2.39. The summed E-state index contributed by atoms with van der Waals surface area (Å²) in [5, 5.41) is 0. The van der Waals surface area contributed by atoms with Crippen LogP contribution in [0.5, 0.6) is 0 Å². The van der Waals surface area contributed by atoms with Crippen molar-refractivity contribution in [3.63, 3.8) is 0 Å². The van der Waals surface area contributed by atoms with Crippen LogP contribution in [0.2, 0.25) is 0 Å². The number of hydrogen-bond donors (Lipinski definition) is 0. The molecule has 0 heterocycles. The van der Waals surface area contributed by atoms with Crippen LogP contribution in [0.4, 0.5) is 0 Å². The van der Waals surface area contributed by atoms with Crippen LogP contribution in [0.3, 0.4) is 0 Å². The molecule has 291 valence electrons. The first-order chi connectivity index (χ1) is 18.7. The number of hydrogen-bond acceptors (Lipinski definition) is 0. The zero-order valence-electron chi connectivity index (χ0n) is 17.8. The molecule has 0 aliphatic heterocycles. The molecule has 0 aliphatic carbocycles. The van der Waals surface area contributed by atoms with Gasteiger partial charge in [-0.2, -0.15) is 0 Å². The van der Waals surface area contributed by atoms with Crippen LogP contribution in [0, 0.1) is 0 Å². The molecule has 0 N–H and O–H groups in total. The van der Waals surface area contributed by atoms with Gasteiger partial charge in [-0.3, -0.25) is 0 Å². The van der Waals surface area contributed by atoms with Gasteiger partial charge in [-0.05, 0) is 0 Å². The fourth-order valence-corrected chi connectivity index (χ4v) is 0. The molecule has 0 nitrogen and oxygen atoms in total. The van der Waals surface area contributed by atoms with Gasteiger partial charge in [0.1, 0.15) is 0 Å². The molecule has 0 aromatic rings. The largest absolute Gasteiger partial charge is 0 e. The fourth-order valence-electron chi connectivity index (χ4n) is 0. The van der Waals surface area contributed by atoms with Gasteiger partial charge in [-0.1, -0.05) is 0 Å². The number of rotatable bonds is 0. The third-order valence-corrected chi connectivity index (χ3v) is 0. The Morgan fingerprint density at radius 1 is 0.222 bits per heavy atom. The van der Waals surface area contributed by atoms with Gasteiger partial charge in [0.2, 0.25) is 0 Å². The molecule has 0 aromatic carbocycles. The summed E-state index contributed by atoms with van der Waals surface area (Å²) in [6.45, 7) is 0. The van der Waals surface area contributed by atoms with Gasteiger partial charge in [0.15, 0.2) is 0 Å². The normalized spacial score (nSPS) is 4.13. The van der Waals surface area contributed by atoms with Crippen LogP contribution in [0.15, 0.2) is 0 Å². The molecule has 45 heavy (non-hydrogen) atoms. The van der Waals surface area contributed by atoms with Gasteiger partial charge in [-0.15, -0.1) is 0 Å². The van der Waals surface area contributed by atoms with Crippen molar-refractivity contribution in [1.29, 1.82) is 0 Å². The Bertz CT molecular complexity index is 61.0. The third-order valence-electron chi connectivity index (χ3n) is 0. The summed E-state index contributed by atoms with van der Waals surface area (Å²) in [7, 11) is 1.88. The average Bonchev–Trinajstić information content (AvgIpc) is 2.95. The molecule has 0 aromatic heterocycles. The van der Waals surface area contributed by atoms with Gasteiger partial charge in [0.25, 0.3) is 335 Å². The van der Waals surface area contributed by atoms with Crippen molar-refractivity contribution in [3.05, 3.63) is 0 Å². The Morgan fingerprint density at radius 2 is 0.222 bits per heavy atom. The first-order valence-electron chi connectivity index (χ1n) is 3.65. The molecule has 0 aliphatic rings. The quantitative estimate of drug-likeness (QED) is 0.212. The molecular weight excluding hydrogens is 5030 g/mol. The van der Waals surface area contributed by atoms with E-state index < -0.39 is 0 Å². The molecule has 0 saturated carbocycles. The summed E-state index contributed by atoms with van der Waals surface area (Å²) in [6, 6.07) is 0. The Kier molecular flexibility index (Phi) is 804. The minimum absolute atomic E-state index is 0. The van der Waals surface area contributed by atoms with Gasteiger partial charge >= 0.3 is 339 Å². The first-order valence-corrected chi connectivity index (χ1v) is 147. The molecule has 0 amide bonds. The summed E-state index contributed by atoms with van der Waals surface area (Å²) >= 11 is 70.5. The summed E-state index contributed by atoms with van der Waals surface area (Å²) < 4.78 is 0. The van der Waals surface area contributed by atoms with Crippen molar-refractivity contribution in [1.82, 2.24) is 0 Å². The van der Waals surface area contributed by atoms with E-state index in [1.165, 1.54) is 0 Å². The van der Waals surface area contributed by atoms with E-state index in [1.54, 1.807) is 0 Å². The van der Waals surface area contributed by atoms with Crippen LogP contribution in [0.1, 0.15) is 0 Å². The van der Waals surface area contributed by atoms with Gasteiger partial charge in [0.05, 0.1) is 0 Å². The topological polar surface area (TPSA) is 0 Å². The summed E-state index contributed by atoms with van der Waals surface area (Å²) in [4.78, 5) is 0. The molecule has 0 fully saturated rings. The maximum Gasteiger partial charge on any atom is 0 e. The second-order valence-electron chi connectivity index (χ2n) is 0.516. The Balaban J connectivity index is -0.00000000718. The van der Waals surface area contributed by atoms with Crippen LogP contribution in [0.25, 0.3) is 0 Å². The van der Waals surface area contributed by atoms with Crippen molar-refractivity contribution in [3.8, 4) is 0 Å². The minimum Gasteiger partial charge on any atom is 0 e. The van der Waals surface area contributed by atoms with Crippen molar-refractivity contribution < 1.29 is 331 Å².